The lowest BCUT2D eigenvalue weighted by molar-refractivity contribution is 0.0998. The van der Waals surface area contributed by atoms with Crippen molar-refractivity contribution in [1.82, 2.24) is 14.5 Å². The molecule has 26 heavy (non-hydrogen) atoms. The fraction of sp³-hybridized carbons (Fsp3) is 0.556. The number of fused-ring (bicyclic) bond motifs is 1. The first kappa shape index (κ1) is 18.3. The van der Waals surface area contributed by atoms with E-state index < -0.39 is 11.3 Å². The molecule has 1 aliphatic carbocycles. The minimum Gasteiger partial charge on any atom is -0.385 e. The third kappa shape index (κ3) is 3.85. The summed E-state index contributed by atoms with van der Waals surface area (Å²) < 4.78 is 6.97. The predicted octanol–water partition coefficient (Wildman–Crippen LogP) is 1.84. The van der Waals surface area contributed by atoms with Crippen LogP contribution < -0.4 is 16.5 Å². The molecule has 0 spiro atoms. The molecule has 2 aromatic rings. The largest absolute Gasteiger partial charge is 0.385 e. The van der Waals surface area contributed by atoms with Crippen LogP contribution in [0.5, 0.6) is 0 Å². The molecule has 8 heteroatoms. The Morgan fingerprint density at radius 3 is 2.85 bits per heavy atom. The summed E-state index contributed by atoms with van der Waals surface area (Å²) in [7, 11) is 1.66. The summed E-state index contributed by atoms with van der Waals surface area (Å²) in [6.45, 7) is 1.32. The lowest BCUT2D eigenvalue weighted by Gasteiger charge is -2.26. The Labute approximate surface area is 151 Å². The second-order valence-corrected chi connectivity index (χ2v) is 6.64. The first-order valence-corrected chi connectivity index (χ1v) is 9.06. The van der Waals surface area contributed by atoms with Crippen molar-refractivity contribution in [1.29, 1.82) is 0 Å². The number of nitrogens with two attached hydrogens (primary N) is 1. The van der Waals surface area contributed by atoms with E-state index in [2.05, 4.69) is 15.3 Å². The molecule has 1 saturated carbocycles. The number of pyridine rings is 1. The van der Waals surface area contributed by atoms with Crippen molar-refractivity contribution in [2.75, 3.05) is 25.6 Å². The fourth-order valence-electron chi connectivity index (χ4n) is 3.45. The van der Waals surface area contributed by atoms with Crippen LogP contribution in [0.15, 0.2) is 17.2 Å². The van der Waals surface area contributed by atoms with Crippen molar-refractivity contribution < 1.29 is 9.53 Å². The van der Waals surface area contributed by atoms with Gasteiger partial charge in [-0.2, -0.15) is 4.98 Å². The lowest BCUT2D eigenvalue weighted by Crippen LogP contribution is -2.27. The second kappa shape index (κ2) is 8.27. The van der Waals surface area contributed by atoms with Gasteiger partial charge in [0.25, 0.3) is 5.91 Å². The number of methoxy groups -OCH3 is 1. The molecule has 0 radical (unpaired) electrons. The quantitative estimate of drug-likeness (QED) is 0.730. The van der Waals surface area contributed by atoms with Gasteiger partial charge >= 0.3 is 0 Å². The van der Waals surface area contributed by atoms with E-state index in [0.717, 1.165) is 32.1 Å². The number of hydrogen-bond donors (Lipinski definition) is 2. The number of nitrogens with one attached hydrogen (secondary N) is 1. The van der Waals surface area contributed by atoms with Crippen LogP contribution in [0, 0.1) is 0 Å². The molecule has 140 valence electrons. The van der Waals surface area contributed by atoms with Crippen LogP contribution in [0.25, 0.3) is 11.0 Å². The van der Waals surface area contributed by atoms with Gasteiger partial charge in [-0.25, -0.2) is 4.98 Å². The standard InChI is InChI=1S/C18H25N5O3/c1-26-9-5-8-20-18-21-10-13-15(24)14(16(19)25)11-23(17(13)22-18)12-6-3-2-4-7-12/h10-12H,2-9H2,1H3,(H2,19,25)(H,20,21,22). The Balaban J connectivity index is 2.03. The topological polar surface area (TPSA) is 112 Å². The first-order chi connectivity index (χ1) is 12.6. The molecule has 0 atom stereocenters. The van der Waals surface area contributed by atoms with Crippen LogP contribution in [0.3, 0.4) is 0 Å². The maximum atomic E-state index is 12.6. The number of carbonyl (C=O) groups excluding carboxylic acids is 1. The zero-order valence-corrected chi connectivity index (χ0v) is 15.0. The maximum Gasteiger partial charge on any atom is 0.254 e. The van der Waals surface area contributed by atoms with Crippen LogP contribution in [-0.2, 0) is 4.74 Å². The van der Waals surface area contributed by atoms with Gasteiger partial charge in [0.05, 0.1) is 5.39 Å². The molecule has 3 N–H and O–H groups in total. The average Bonchev–Trinajstić information content (AvgIpc) is 2.66. The molecular formula is C18H25N5O3. The highest BCUT2D eigenvalue weighted by atomic mass is 16.5. The third-order valence-corrected chi connectivity index (χ3v) is 4.81. The SMILES string of the molecule is COCCCNc1ncc2c(=O)c(C(N)=O)cn(C3CCCCC3)c2n1. The van der Waals surface area contributed by atoms with Crippen LogP contribution in [0.1, 0.15) is 54.9 Å². The number of rotatable bonds is 7. The molecule has 0 aromatic carbocycles. The number of ether oxygens (including phenoxy) is 1. The highest BCUT2D eigenvalue weighted by molar-refractivity contribution is 5.95. The molecule has 0 bridgehead atoms. The van der Waals surface area contributed by atoms with Gasteiger partial charge in [0.1, 0.15) is 11.2 Å². The van der Waals surface area contributed by atoms with Gasteiger partial charge in [-0.05, 0) is 19.3 Å². The van der Waals surface area contributed by atoms with Crippen molar-refractivity contribution in [2.45, 2.75) is 44.6 Å². The molecule has 8 nitrogen and oxygen atoms in total. The summed E-state index contributed by atoms with van der Waals surface area (Å²) in [5.41, 5.74) is 5.54. The summed E-state index contributed by atoms with van der Waals surface area (Å²) in [5.74, 6) is -0.257. The molecule has 2 aromatic heterocycles. The Morgan fingerprint density at radius 2 is 2.15 bits per heavy atom. The zero-order chi connectivity index (χ0) is 18.5. The van der Waals surface area contributed by atoms with E-state index in [1.165, 1.54) is 12.6 Å². The summed E-state index contributed by atoms with van der Waals surface area (Å²) in [5, 5.41) is 3.48. The van der Waals surface area contributed by atoms with E-state index >= 15 is 0 Å². The number of aromatic nitrogens is 3. The molecule has 3 rings (SSSR count). The van der Waals surface area contributed by atoms with E-state index in [1.807, 2.05) is 4.57 Å². The normalized spacial score (nSPS) is 15.3. The number of nitrogens with zero attached hydrogens (tertiary/aromatic N) is 3. The van der Waals surface area contributed by atoms with Crippen molar-refractivity contribution >= 4 is 22.9 Å². The van der Waals surface area contributed by atoms with Crippen LogP contribution in [0.4, 0.5) is 5.95 Å². The van der Waals surface area contributed by atoms with E-state index in [1.54, 1.807) is 13.3 Å². The number of hydrogen-bond acceptors (Lipinski definition) is 6. The highest BCUT2D eigenvalue weighted by Gasteiger charge is 2.21. The maximum absolute atomic E-state index is 12.6. The molecule has 0 saturated heterocycles. The minimum absolute atomic E-state index is 0.00697. The van der Waals surface area contributed by atoms with Crippen molar-refractivity contribution in [3.05, 3.63) is 28.2 Å². The molecular weight excluding hydrogens is 334 g/mol. The monoisotopic (exact) mass is 359 g/mol. The smallest absolute Gasteiger partial charge is 0.254 e. The van der Waals surface area contributed by atoms with E-state index in [4.69, 9.17) is 10.5 Å². The number of anilines is 1. The lowest BCUT2D eigenvalue weighted by atomic mass is 9.95. The number of amides is 1. The Kier molecular flexibility index (Phi) is 5.82. The molecule has 1 fully saturated rings. The van der Waals surface area contributed by atoms with Gasteiger partial charge in [-0.15, -0.1) is 0 Å². The minimum atomic E-state index is -0.719. The Hall–Kier alpha value is -2.48. The molecule has 0 aliphatic heterocycles. The Bertz CT molecular complexity index is 843. The first-order valence-electron chi connectivity index (χ1n) is 9.06. The van der Waals surface area contributed by atoms with E-state index in [9.17, 15) is 9.59 Å². The third-order valence-electron chi connectivity index (χ3n) is 4.81. The van der Waals surface area contributed by atoms with Gasteiger partial charge in [-0.3, -0.25) is 9.59 Å². The van der Waals surface area contributed by atoms with Crippen molar-refractivity contribution in [3.8, 4) is 0 Å². The molecule has 0 unspecified atom stereocenters. The van der Waals surface area contributed by atoms with Gasteiger partial charge in [-0.1, -0.05) is 19.3 Å². The zero-order valence-electron chi connectivity index (χ0n) is 15.0. The molecule has 2 heterocycles. The van der Waals surface area contributed by atoms with Gasteiger partial charge in [0, 0.05) is 38.7 Å². The Morgan fingerprint density at radius 1 is 1.38 bits per heavy atom. The second-order valence-electron chi connectivity index (χ2n) is 6.64. The van der Waals surface area contributed by atoms with Crippen molar-refractivity contribution in [3.63, 3.8) is 0 Å². The van der Waals surface area contributed by atoms with Gasteiger partial charge < -0.3 is 20.4 Å². The van der Waals surface area contributed by atoms with Gasteiger partial charge in [0.15, 0.2) is 0 Å². The van der Waals surface area contributed by atoms with E-state index in [-0.39, 0.29) is 11.6 Å². The highest BCUT2D eigenvalue weighted by Crippen LogP contribution is 2.30. The molecule has 1 aliphatic rings. The van der Waals surface area contributed by atoms with E-state index in [0.29, 0.717) is 30.1 Å². The van der Waals surface area contributed by atoms with Crippen LogP contribution in [-0.4, -0.2) is 40.7 Å². The average molecular weight is 359 g/mol. The van der Waals surface area contributed by atoms with Crippen molar-refractivity contribution in [2.24, 2.45) is 5.73 Å². The molecule has 1 amide bonds. The summed E-state index contributed by atoms with van der Waals surface area (Å²) in [6, 6.07) is 0.209. The predicted molar refractivity (Wildman–Crippen MR) is 99.4 cm³/mol. The van der Waals surface area contributed by atoms with Crippen LogP contribution in [0.2, 0.25) is 0 Å². The summed E-state index contributed by atoms with van der Waals surface area (Å²) >= 11 is 0. The van der Waals surface area contributed by atoms with Crippen LogP contribution >= 0.6 is 0 Å². The fourth-order valence-corrected chi connectivity index (χ4v) is 3.45. The number of primary amides is 1. The summed E-state index contributed by atoms with van der Waals surface area (Å²) in [6.07, 6.45) is 9.33. The number of carbonyl (C=O) groups is 1. The van der Waals surface area contributed by atoms with Gasteiger partial charge in [0.2, 0.25) is 11.4 Å². The summed E-state index contributed by atoms with van der Waals surface area (Å²) in [4.78, 5) is 33.1.